The molecule has 0 aromatic carbocycles. The molecule has 2 aliphatic heterocycles. The second-order valence-electron chi connectivity index (χ2n) is 5.58. The molecular formula is C13H20N4O4. The molecule has 2 saturated heterocycles. The molecule has 8 heteroatoms. The van der Waals surface area contributed by atoms with Crippen molar-refractivity contribution in [3.05, 3.63) is 5.82 Å². The van der Waals surface area contributed by atoms with E-state index in [0.29, 0.717) is 12.4 Å². The van der Waals surface area contributed by atoms with Crippen molar-refractivity contribution in [1.29, 1.82) is 0 Å². The summed E-state index contributed by atoms with van der Waals surface area (Å²) in [5.41, 5.74) is -0.143. The topological polar surface area (TPSA) is 98.5 Å². The summed E-state index contributed by atoms with van der Waals surface area (Å²) >= 11 is 0. The highest BCUT2D eigenvalue weighted by Gasteiger charge is 2.39. The molecule has 2 amide bonds. The van der Waals surface area contributed by atoms with Crippen LogP contribution in [-0.4, -0.2) is 47.6 Å². The van der Waals surface area contributed by atoms with Crippen molar-refractivity contribution in [3.63, 3.8) is 0 Å². The van der Waals surface area contributed by atoms with Crippen LogP contribution in [0.3, 0.4) is 0 Å². The minimum atomic E-state index is -0.326. The molecule has 2 N–H and O–H groups in total. The number of hydrogen-bond donors (Lipinski definition) is 2. The Morgan fingerprint density at radius 1 is 1.33 bits per heavy atom. The predicted octanol–water partition coefficient (Wildman–Crippen LogP) is 1.23. The summed E-state index contributed by atoms with van der Waals surface area (Å²) in [4.78, 5) is 15.9. The standard InChI is InChI=1S/C13H20N4O4/c1-9-14-12(21-17-9)16-11(18)15-10-2-5-20-13(8-10)3-6-19-7-4-13/h10H,2-8H2,1H3,(H2,14,15,16,17,18). The van der Waals surface area contributed by atoms with Crippen LogP contribution in [0.5, 0.6) is 0 Å². The lowest BCUT2D eigenvalue weighted by Crippen LogP contribution is -2.51. The molecule has 8 nitrogen and oxygen atoms in total. The number of nitrogens with zero attached hydrogens (tertiary/aromatic N) is 2. The maximum Gasteiger partial charge on any atom is 0.329 e. The lowest BCUT2D eigenvalue weighted by molar-refractivity contribution is -0.139. The zero-order chi connectivity index (χ0) is 14.7. The van der Waals surface area contributed by atoms with Crippen molar-refractivity contribution in [1.82, 2.24) is 15.5 Å². The number of hydrogen-bond acceptors (Lipinski definition) is 6. The van der Waals surface area contributed by atoms with Crippen LogP contribution < -0.4 is 10.6 Å². The summed E-state index contributed by atoms with van der Waals surface area (Å²) in [5.74, 6) is 0.484. The van der Waals surface area contributed by atoms with Gasteiger partial charge in [0.1, 0.15) is 0 Å². The normalized spacial score (nSPS) is 24.7. The Labute approximate surface area is 122 Å². The summed E-state index contributed by atoms with van der Waals surface area (Å²) < 4.78 is 16.2. The van der Waals surface area contributed by atoms with Gasteiger partial charge >= 0.3 is 12.0 Å². The van der Waals surface area contributed by atoms with Crippen LogP contribution in [-0.2, 0) is 9.47 Å². The van der Waals surface area contributed by atoms with Crippen LogP contribution in [0.1, 0.15) is 31.5 Å². The number of nitrogens with one attached hydrogen (secondary N) is 2. The van der Waals surface area contributed by atoms with Crippen LogP contribution >= 0.6 is 0 Å². The van der Waals surface area contributed by atoms with E-state index in [4.69, 9.17) is 14.0 Å². The number of aryl methyl sites for hydroxylation is 1. The molecule has 1 spiro atoms. The van der Waals surface area contributed by atoms with E-state index in [-0.39, 0.29) is 23.7 Å². The lowest BCUT2D eigenvalue weighted by atomic mass is 9.84. The molecule has 0 saturated carbocycles. The van der Waals surface area contributed by atoms with Crippen LogP contribution in [0, 0.1) is 6.92 Å². The van der Waals surface area contributed by atoms with Crippen molar-refractivity contribution < 1.29 is 18.8 Å². The van der Waals surface area contributed by atoms with Gasteiger partial charge in [-0.15, -0.1) is 0 Å². The minimum Gasteiger partial charge on any atom is -0.381 e. The van der Waals surface area contributed by atoms with Crippen molar-refractivity contribution in [2.24, 2.45) is 0 Å². The van der Waals surface area contributed by atoms with Gasteiger partial charge < -0.3 is 19.3 Å². The first-order valence-electron chi connectivity index (χ1n) is 7.25. The number of rotatable bonds is 2. The van der Waals surface area contributed by atoms with Crippen LogP contribution in [0.15, 0.2) is 4.52 Å². The van der Waals surface area contributed by atoms with Crippen molar-refractivity contribution >= 4 is 12.0 Å². The predicted molar refractivity (Wildman–Crippen MR) is 72.9 cm³/mol. The SMILES string of the molecule is Cc1noc(NC(=O)NC2CCOC3(CCOCC3)C2)n1. The maximum atomic E-state index is 11.9. The van der Waals surface area contributed by atoms with E-state index >= 15 is 0 Å². The van der Waals surface area contributed by atoms with E-state index in [2.05, 4.69) is 20.8 Å². The number of urea groups is 1. The summed E-state index contributed by atoms with van der Waals surface area (Å²) in [5, 5.41) is 9.12. The first kappa shape index (κ1) is 14.3. The average Bonchev–Trinajstić information content (AvgIpc) is 2.85. The first-order chi connectivity index (χ1) is 10.2. The van der Waals surface area contributed by atoms with Gasteiger partial charge in [0.15, 0.2) is 5.82 Å². The van der Waals surface area contributed by atoms with Gasteiger partial charge in [-0.2, -0.15) is 4.98 Å². The van der Waals surface area contributed by atoms with Gasteiger partial charge in [-0.25, -0.2) is 4.79 Å². The number of carbonyl (C=O) groups excluding carboxylic acids is 1. The van der Waals surface area contributed by atoms with E-state index in [0.717, 1.165) is 38.9 Å². The molecule has 21 heavy (non-hydrogen) atoms. The summed E-state index contributed by atoms with van der Waals surface area (Å²) in [6, 6.07) is -0.133. The number of ether oxygens (including phenoxy) is 2. The molecule has 3 rings (SSSR count). The number of carbonyl (C=O) groups is 1. The van der Waals surface area contributed by atoms with Crippen molar-refractivity contribution in [3.8, 4) is 0 Å². The monoisotopic (exact) mass is 296 g/mol. The summed E-state index contributed by atoms with van der Waals surface area (Å²) in [6.45, 7) is 3.80. The molecule has 3 heterocycles. The fraction of sp³-hybridized carbons (Fsp3) is 0.769. The largest absolute Gasteiger partial charge is 0.381 e. The molecular weight excluding hydrogens is 276 g/mol. The summed E-state index contributed by atoms with van der Waals surface area (Å²) in [6.07, 6.45) is 3.39. The van der Waals surface area contributed by atoms with Crippen LogP contribution in [0.2, 0.25) is 0 Å². The molecule has 2 aliphatic rings. The Balaban J connectivity index is 1.53. The Morgan fingerprint density at radius 3 is 2.86 bits per heavy atom. The maximum absolute atomic E-state index is 11.9. The fourth-order valence-corrected chi connectivity index (χ4v) is 2.91. The fourth-order valence-electron chi connectivity index (χ4n) is 2.91. The third kappa shape index (κ3) is 3.51. The average molecular weight is 296 g/mol. The highest BCUT2D eigenvalue weighted by Crippen LogP contribution is 2.34. The Kier molecular flexibility index (Phi) is 4.07. The lowest BCUT2D eigenvalue weighted by Gasteiger charge is -2.43. The van der Waals surface area contributed by atoms with Gasteiger partial charge in [-0.3, -0.25) is 5.32 Å². The Morgan fingerprint density at radius 2 is 2.14 bits per heavy atom. The zero-order valence-electron chi connectivity index (χ0n) is 12.1. The first-order valence-corrected chi connectivity index (χ1v) is 7.25. The van der Waals surface area contributed by atoms with Crippen molar-refractivity contribution in [2.75, 3.05) is 25.1 Å². The summed E-state index contributed by atoms with van der Waals surface area (Å²) in [7, 11) is 0. The number of anilines is 1. The molecule has 116 valence electrons. The number of aromatic nitrogens is 2. The molecule has 1 aromatic rings. The van der Waals surface area contributed by atoms with Gasteiger partial charge in [0.05, 0.1) is 5.60 Å². The smallest absolute Gasteiger partial charge is 0.329 e. The van der Waals surface area contributed by atoms with Crippen molar-refractivity contribution in [2.45, 2.75) is 44.2 Å². The molecule has 2 fully saturated rings. The van der Waals surface area contributed by atoms with E-state index in [1.807, 2.05) is 0 Å². The third-order valence-corrected chi connectivity index (χ3v) is 3.98. The van der Waals surface area contributed by atoms with Gasteiger partial charge in [0.25, 0.3) is 0 Å². The minimum absolute atomic E-state index is 0.0841. The van der Waals surface area contributed by atoms with Gasteiger partial charge in [0, 0.05) is 25.9 Å². The Bertz CT molecular complexity index is 493. The zero-order valence-corrected chi connectivity index (χ0v) is 12.1. The van der Waals surface area contributed by atoms with E-state index in [1.54, 1.807) is 6.92 Å². The van der Waals surface area contributed by atoms with Gasteiger partial charge in [0.2, 0.25) is 0 Å². The van der Waals surface area contributed by atoms with Gasteiger partial charge in [-0.1, -0.05) is 5.16 Å². The van der Waals surface area contributed by atoms with E-state index in [9.17, 15) is 4.79 Å². The van der Waals surface area contributed by atoms with Crippen LogP contribution in [0.4, 0.5) is 10.8 Å². The highest BCUT2D eigenvalue weighted by molar-refractivity contribution is 5.87. The second kappa shape index (κ2) is 5.98. The van der Waals surface area contributed by atoms with E-state index in [1.165, 1.54) is 0 Å². The number of amides is 2. The molecule has 0 radical (unpaired) electrons. The molecule has 1 unspecified atom stereocenters. The quantitative estimate of drug-likeness (QED) is 0.851. The Hall–Kier alpha value is -1.67. The second-order valence-corrected chi connectivity index (χ2v) is 5.58. The molecule has 0 aliphatic carbocycles. The molecule has 1 atom stereocenters. The molecule has 0 bridgehead atoms. The van der Waals surface area contributed by atoms with E-state index < -0.39 is 0 Å². The van der Waals surface area contributed by atoms with Gasteiger partial charge in [-0.05, 0) is 32.6 Å². The third-order valence-electron chi connectivity index (χ3n) is 3.98. The molecule has 1 aromatic heterocycles. The highest BCUT2D eigenvalue weighted by atomic mass is 16.5. The van der Waals surface area contributed by atoms with Crippen LogP contribution in [0.25, 0.3) is 0 Å².